The quantitative estimate of drug-likeness (QED) is 0.158. The van der Waals surface area contributed by atoms with Gasteiger partial charge in [0.15, 0.2) is 0 Å². The maximum atomic E-state index is 10.9. The summed E-state index contributed by atoms with van der Waals surface area (Å²) in [7, 11) is 0. The van der Waals surface area contributed by atoms with Gasteiger partial charge in [-0.1, -0.05) is 68.3 Å². The smallest absolute Gasteiger partial charge is 0.211 e. The molecule has 0 heterocycles. The highest BCUT2D eigenvalue weighted by Crippen LogP contribution is 2.57. The van der Waals surface area contributed by atoms with Crippen LogP contribution >= 0.6 is 31.9 Å². The van der Waals surface area contributed by atoms with Gasteiger partial charge in [0.2, 0.25) is 12.2 Å². The lowest BCUT2D eigenvalue weighted by Crippen LogP contribution is -2.28. The van der Waals surface area contributed by atoms with Gasteiger partial charge >= 0.3 is 0 Å². The topological polar surface area (TPSA) is 58.9 Å². The first kappa shape index (κ1) is 23.3. The molecule has 1 aliphatic carbocycles. The van der Waals surface area contributed by atoms with E-state index in [2.05, 4.69) is 90.4 Å². The summed E-state index contributed by atoms with van der Waals surface area (Å²) in [6, 6.07) is 24.7. The molecule has 0 unspecified atom stereocenters. The first-order valence-corrected chi connectivity index (χ1v) is 12.5. The number of benzene rings is 4. The predicted molar refractivity (Wildman–Crippen MR) is 144 cm³/mol. The lowest BCUT2D eigenvalue weighted by molar-refractivity contribution is 0.564. The highest BCUT2D eigenvalue weighted by atomic mass is 79.9. The Morgan fingerprint density at radius 3 is 1.43 bits per heavy atom. The standard InChI is InChI=1S/C29H18Br2N2O2/c1-17-11-19(3-9-27(17)32-15-34)29(20-4-10-28(33-16-35)18(2)12-20)25-7-5-21(30)13-23(25)24-14-22(31)6-8-26(24)29/h3-14H,1-2H3. The van der Waals surface area contributed by atoms with Gasteiger partial charge in [-0.25, -0.2) is 9.59 Å². The van der Waals surface area contributed by atoms with Crippen LogP contribution in [0.3, 0.4) is 0 Å². The van der Waals surface area contributed by atoms with Gasteiger partial charge in [0.05, 0.1) is 16.8 Å². The molecule has 0 spiro atoms. The maximum Gasteiger partial charge on any atom is 0.240 e. The van der Waals surface area contributed by atoms with Gasteiger partial charge < -0.3 is 0 Å². The second kappa shape index (κ2) is 8.99. The van der Waals surface area contributed by atoms with Gasteiger partial charge in [0.1, 0.15) is 0 Å². The fourth-order valence-corrected chi connectivity index (χ4v) is 5.92. The van der Waals surface area contributed by atoms with Gasteiger partial charge in [-0.05, 0) is 94.8 Å². The average Bonchev–Trinajstić information content (AvgIpc) is 3.11. The van der Waals surface area contributed by atoms with Gasteiger partial charge in [-0.3, -0.25) is 0 Å². The van der Waals surface area contributed by atoms with E-state index < -0.39 is 5.41 Å². The lowest BCUT2D eigenvalue weighted by atomic mass is 9.67. The Morgan fingerprint density at radius 1 is 0.629 bits per heavy atom. The number of isocyanates is 2. The third kappa shape index (κ3) is 3.67. The van der Waals surface area contributed by atoms with Crippen LogP contribution in [0.5, 0.6) is 0 Å². The Bertz CT molecular complexity index is 1490. The fraction of sp³-hybridized carbons (Fsp3) is 0.103. The Labute approximate surface area is 219 Å². The van der Waals surface area contributed by atoms with E-state index in [1.807, 2.05) is 38.1 Å². The molecule has 0 saturated heterocycles. The molecule has 0 aliphatic heterocycles. The van der Waals surface area contributed by atoms with Crippen molar-refractivity contribution in [2.24, 2.45) is 9.98 Å². The van der Waals surface area contributed by atoms with E-state index in [9.17, 15) is 9.59 Å². The SMILES string of the molecule is Cc1cc(C2(c3ccc(N=C=O)c(C)c3)c3ccc(Br)cc3-c3cc(Br)ccc32)ccc1N=C=O. The van der Waals surface area contributed by atoms with E-state index in [0.717, 1.165) is 53.5 Å². The Morgan fingerprint density at radius 2 is 1.06 bits per heavy atom. The van der Waals surface area contributed by atoms with Crippen molar-refractivity contribution in [3.8, 4) is 11.1 Å². The first-order chi connectivity index (χ1) is 16.9. The molecule has 4 aromatic rings. The molecule has 0 bridgehead atoms. The van der Waals surface area contributed by atoms with E-state index in [1.54, 1.807) is 12.2 Å². The molecule has 35 heavy (non-hydrogen) atoms. The number of hydrogen-bond acceptors (Lipinski definition) is 4. The molecule has 0 radical (unpaired) electrons. The number of aliphatic imine (C=N–C) groups is 2. The van der Waals surface area contributed by atoms with Crippen LogP contribution in [0.25, 0.3) is 11.1 Å². The molecule has 0 saturated carbocycles. The molecular weight excluding hydrogens is 568 g/mol. The molecule has 0 aromatic heterocycles. The molecule has 0 fully saturated rings. The summed E-state index contributed by atoms with van der Waals surface area (Å²) in [5.74, 6) is 0. The first-order valence-electron chi connectivity index (χ1n) is 10.9. The minimum atomic E-state index is -0.631. The number of hydrogen-bond donors (Lipinski definition) is 0. The largest absolute Gasteiger partial charge is 0.240 e. The van der Waals surface area contributed by atoms with E-state index >= 15 is 0 Å². The van der Waals surface area contributed by atoms with E-state index in [0.29, 0.717) is 11.4 Å². The van der Waals surface area contributed by atoms with Crippen LogP contribution in [0.15, 0.2) is 91.7 Å². The second-order valence-corrected chi connectivity index (χ2v) is 10.4. The molecule has 1 aliphatic rings. The van der Waals surface area contributed by atoms with Crippen LogP contribution in [-0.2, 0) is 15.0 Å². The lowest BCUT2D eigenvalue weighted by Gasteiger charge is -2.34. The maximum absolute atomic E-state index is 10.9. The Kier molecular flexibility index (Phi) is 6.00. The molecular formula is C29H18Br2N2O2. The zero-order valence-corrected chi connectivity index (χ0v) is 22.1. The van der Waals surface area contributed by atoms with E-state index in [-0.39, 0.29) is 0 Å². The number of halogens is 2. The van der Waals surface area contributed by atoms with Crippen LogP contribution < -0.4 is 0 Å². The molecule has 170 valence electrons. The minimum Gasteiger partial charge on any atom is -0.211 e. The van der Waals surface area contributed by atoms with Crippen molar-refractivity contribution < 1.29 is 9.59 Å². The summed E-state index contributed by atoms with van der Waals surface area (Å²) in [6.07, 6.45) is 3.29. The number of aryl methyl sites for hydroxylation is 2. The van der Waals surface area contributed by atoms with E-state index in [1.165, 1.54) is 0 Å². The third-order valence-electron chi connectivity index (χ3n) is 6.65. The van der Waals surface area contributed by atoms with Crippen molar-refractivity contribution in [2.75, 3.05) is 0 Å². The fourth-order valence-electron chi connectivity index (χ4n) is 5.19. The summed E-state index contributed by atoms with van der Waals surface area (Å²) in [6.45, 7) is 3.89. The Hall–Kier alpha value is -3.40. The Balaban J connectivity index is 1.94. The van der Waals surface area contributed by atoms with Crippen LogP contribution in [0, 0.1) is 13.8 Å². The van der Waals surface area contributed by atoms with Crippen molar-refractivity contribution in [2.45, 2.75) is 19.3 Å². The molecule has 0 N–H and O–H groups in total. The number of fused-ring (bicyclic) bond motifs is 3. The highest BCUT2D eigenvalue weighted by molar-refractivity contribution is 9.10. The summed E-state index contributed by atoms with van der Waals surface area (Å²) in [5, 5.41) is 0. The molecule has 5 rings (SSSR count). The van der Waals surface area contributed by atoms with Crippen LogP contribution in [0.1, 0.15) is 33.4 Å². The molecule has 4 nitrogen and oxygen atoms in total. The zero-order valence-electron chi connectivity index (χ0n) is 18.9. The second-order valence-electron chi connectivity index (χ2n) is 8.54. The van der Waals surface area contributed by atoms with Crippen molar-refractivity contribution in [1.29, 1.82) is 0 Å². The molecule has 0 atom stereocenters. The average molecular weight is 586 g/mol. The minimum absolute atomic E-state index is 0.593. The number of carbonyl (C=O) groups excluding carboxylic acids is 2. The summed E-state index contributed by atoms with van der Waals surface area (Å²) >= 11 is 7.31. The predicted octanol–water partition coefficient (Wildman–Crippen LogP) is 8.13. The molecule has 6 heteroatoms. The summed E-state index contributed by atoms with van der Waals surface area (Å²) in [5.41, 5.74) is 8.98. The van der Waals surface area contributed by atoms with Crippen molar-refractivity contribution in [1.82, 2.24) is 0 Å². The molecule has 4 aromatic carbocycles. The van der Waals surface area contributed by atoms with Crippen LogP contribution in [-0.4, -0.2) is 12.2 Å². The van der Waals surface area contributed by atoms with E-state index in [4.69, 9.17) is 0 Å². The van der Waals surface area contributed by atoms with Gasteiger partial charge in [0.25, 0.3) is 0 Å². The van der Waals surface area contributed by atoms with Crippen LogP contribution in [0.4, 0.5) is 11.4 Å². The highest BCUT2D eigenvalue weighted by Gasteiger charge is 2.46. The summed E-state index contributed by atoms with van der Waals surface area (Å²) in [4.78, 5) is 29.6. The van der Waals surface area contributed by atoms with Gasteiger partial charge in [-0.2, -0.15) is 9.98 Å². The number of rotatable bonds is 4. The van der Waals surface area contributed by atoms with Crippen molar-refractivity contribution in [3.05, 3.63) is 115 Å². The monoisotopic (exact) mass is 584 g/mol. The van der Waals surface area contributed by atoms with Crippen molar-refractivity contribution >= 4 is 55.4 Å². The third-order valence-corrected chi connectivity index (χ3v) is 7.64. The summed E-state index contributed by atoms with van der Waals surface area (Å²) < 4.78 is 1.99. The zero-order chi connectivity index (χ0) is 24.7. The van der Waals surface area contributed by atoms with Crippen molar-refractivity contribution in [3.63, 3.8) is 0 Å². The van der Waals surface area contributed by atoms with Gasteiger partial charge in [0, 0.05) is 8.95 Å². The van der Waals surface area contributed by atoms with Crippen LogP contribution in [0.2, 0.25) is 0 Å². The molecule has 0 amide bonds. The normalized spacial score (nSPS) is 12.8. The number of nitrogens with zero attached hydrogens (tertiary/aromatic N) is 2. The van der Waals surface area contributed by atoms with Gasteiger partial charge in [-0.15, -0.1) is 0 Å².